The van der Waals surface area contributed by atoms with Crippen molar-refractivity contribution >= 4 is 35.0 Å². The Morgan fingerprint density at radius 2 is 1.81 bits per heavy atom. The first-order valence-electron chi connectivity index (χ1n) is 7.38. The fraction of sp³-hybridized carbons (Fsp3) is 0.176. The third kappa shape index (κ3) is 5.41. The van der Waals surface area contributed by atoms with E-state index in [1.807, 2.05) is 0 Å². The lowest BCUT2D eigenvalue weighted by Gasteiger charge is -2.14. The van der Waals surface area contributed by atoms with Crippen LogP contribution in [0.1, 0.15) is 17.3 Å². The Balaban J connectivity index is 1.95. The number of anilines is 2. The number of nitrogens with one attached hydrogen (secondary N) is 1. The highest BCUT2D eigenvalue weighted by Gasteiger charge is 2.20. The molecule has 5 nitrogen and oxygen atoms in total. The molecule has 9 heteroatoms. The molecule has 1 unspecified atom stereocenters. The van der Waals surface area contributed by atoms with Crippen LogP contribution >= 0.6 is 11.8 Å². The average Bonchev–Trinajstić information content (AvgIpc) is 2.55. The number of benzene rings is 2. The summed E-state index contributed by atoms with van der Waals surface area (Å²) in [4.78, 5) is 24.4. The van der Waals surface area contributed by atoms with Gasteiger partial charge in [-0.25, -0.2) is 9.18 Å². The van der Waals surface area contributed by atoms with Gasteiger partial charge < -0.3 is 15.8 Å². The Bertz CT molecular complexity index is 800. The molecule has 0 fully saturated rings. The van der Waals surface area contributed by atoms with Gasteiger partial charge in [0.1, 0.15) is 5.82 Å². The Morgan fingerprint density at radius 1 is 1.15 bits per heavy atom. The van der Waals surface area contributed by atoms with E-state index in [1.165, 1.54) is 31.2 Å². The fourth-order valence-corrected chi connectivity index (χ4v) is 2.46. The molecule has 0 aromatic heterocycles. The number of halogens is 3. The van der Waals surface area contributed by atoms with Crippen molar-refractivity contribution in [3.05, 3.63) is 53.8 Å². The minimum absolute atomic E-state index is 0.0561. The lowest BCUT2D eigenvalue weighted by Crippen LogP contribution is -2.30. The molecule has 3 N–H and O–H groups in total. The molecule has 2 rings (SSSR count). The zero-order chi connectivity index (χ0) is 19.3. The number of alkyl halides is 2. The van der Waals surface area contributed by atoms with Crippen molar-refractivity contribution < 1.29 is 27.5 Å². The average molecular weight is 384 g/mol. The number of hydrogen-bond acceptors (Lipinski definition) is 5. The van der Waals surface area contributed by atoms with Crippen LogP contribution in [0.3, 0.4) is 0 Å². The minimum Gasteiger partial charge on any atom is -0.449 e. The van der Waals surface area contributed by atoms with Gasteiger partial charge >= 0.3 is 5.97 Å². The van der Waals surface area contributed by atoms with Gasteiger partial charge in [-0.1, -0.05) is 11.8 Å². The molecule has 26 heavy (non-hydrogen) atoms. The molecule has 1 atom stereocenters. The van der Waals surface area contributed by atoms with Crippen molar-refractivity contribution in [2.45, 2.75) is 23.7 Å². The van der Waals surface area contributed by atoms with Crippen molar-refractivity contribution in [2.24, 2.45) is 0 Å². The summed E-state index contributed by atoms with van der Waals surface area (Å²) in [6.07, 6.45) is -1.15. The van der Waals surface area contributed by atoms with Gasteiger partial charge in [0.25, 0.3) is 11.7 Å². The van der Waals surface area contributed by atoms with E-state index in [0.717, 1.165) is 18.2 Å². The molecule has 1 amide bonds. The van der Waals surface area contributed by atoms with E-state index < -0.39 is 29.6 Å². The highest BCUT2D eigenvalue weighted by Crippen LogP contribution is 2.26. The Morgan fingerprint density at radius 3 is 2.38 bits per heavy atom. The van der Waals surface area contributed by atoms with Crippen molar-refractivity contribution in [3.63, 3.8) is 0 Å². The lowest BCUT2D eigenvalue weighted by molar-refractivity contribution is -0.123. The molecular weight excluding hydrogens is 369 g/mol. The van der Waals surface area contributed by atoms with Crippen LogP contribution in [0.5, 0.6) is 0 Å². The van der Waals surface area contributed by atoms with Crippen LogP contribution in [-0.4, -0.2) is 23.7 Å². The third-order valence-corrected chi connectivity index (χ3v) is 3.96. The van der Waals surface area contributed by atoms with E-state index in [4.69, 9.17) is 10.5 Å². The molecule has 0 aliphatic rings. The maximum Gasteiger partial charge on any atom is 0.341 e. The van der Waals surface area contributed by atoms with Crippen LogP contribution in [0.15, 0.2) is 47.4 Å². The predicted molar refractivity (Wildman–Crippen MR) is 92.6 cm³/mol. The van der Waals surface area contributed by atoms with E-state index in [2.05, 4.69) is 5.32 Å². The molecule has 0 radical (unpaired) electrons. The second kappa shape index (κ2) is 8.61. The maximum absolute atomic E-state index is 13.0. The number of esters is 1. The first kappa shape index (κ1) is 19.6. The van der Waals surface area contributed by atoms with Crippen molar-refractivity contribution in [1.29, 1.82) is 0 Å². The van der Waals surface area contributed by atoms with E-state index in [0.29, 0.717) is 22.3 Å². The number of thioether (sulfide) groups is 1. The SMILES string of the molecule is CC(OC(=O)c1ccc(F)cc1N)C(=O)Nc1ccc(SC(F)F)cc1. The van der Waals surface area contributed by atoms with Crippen LogP contribution in [0, 0.1) is 5.82 Å². The molecule has 0 saturated heterocycles. The van der Waals surface area contributed by atoms with Gasteiger partial charge in [-0.15, -0.1) is 0 Å². The van der Waals surface area contributed by atoms with Crippen LogP contribution in [0.2, 0.25) is 0 Å². The zero-order valence-corrected chi connectivity index (χ0v) is 14.4. The third-order valence-electron chi connectivity index (χ3n) is 3.23. The van der Waals surface area contributed by atoms with Gasteiger partial charge in [0, 0.05) is 16.3 Å². The second-order valence-electron chi connectivity index (χ2n) is 5.17. The van der Waals surface area contributed by atoms with Crippen LogP contribution in [-0.2, 0) is 9.53 Å². The van der Waals surface area contributed by atoms with Crippen molar-refractivity contribution in [3.8, 4) is 0 Å². The van der Waals surface area contributed by atoms with Crippen LogP contribution < -0.4 is 11.1 Å². The number of amides is 1. The molecule has 2 aromatic rings. The Hall–Kier alpha value is -2.68. The van der Waals surface area contributed by atoms with Gasteiger partial charge in [0.15, 0.2) is 6.10 Å². The summed E-state index contributed by atoms with van der Waals surface area (Å²) in [5, 5.41) is 2.50. The number of carbonyl (C=O) groups excluding carboxylic acids is 2. The largest absolute Gasteiger partial charge is 0.449 e. The lowest BCUT2D eigenvalue weighted by atomic mass is 10.2. The number of rotatable bonds is 6. The molecule has 138 valence electrons. The normalized spacial score (nSPS) is 11.9. The fourth-order valence-electron chi connectivity index (χ4n) is 1.96. The summed E-state index contributed by atoms with van der Waals surface area (Å²) >= 11 is 0.387. The topological polar surface area (TPSA) is 81.4 Å². The number of hydrogen-bond donors (Lipinski definition) is 2. The smallest absolute Gasteiger partial charge is 0.341 e. The number of ether oxygens (including phenoxy) is 1. The second-order valence-corrected chi connectivity index (χ2v) is 6.23. The monoisotopic (exact) mass is 384 g/mol. The number of nitrogens with two attached hydrogens (primary N) is 1. The summed E-state index contributed by atoms with van der Waals surface area (Å²) in [5.41, 5.74) is 5.75. The molecule has 0 heterocycles. The molecule has 0 aliphatic carbocycles. The zero-order valence-electron chi connectivity index (χ0n) is 13.5. The van der Waals surface area contributed by atoms with Gasteiger partial charge in [-0.2, -0.15) is 8.78 Å². The molecule has 0 spiro atoms. The highest BCUT2D eigenvalue weighted by atomic mass is 32.2. The van der Waals surface area contributed by atoms with Gasteiger partial charge in [0.05, 0.1) is 5.56 Å². The van der Waals surface area contributed by atoms with Crippen molar-refractivity contribution in [1.82, 2.24) is 0 Å². The maximum atomic E-state index is 13.0. The summed E-state index contributed by atoms with van der Waals surface area (Å²) in [6.45, 7) is 1.36. The van der Waals surface area contributed by atoms with E-state index in [-0.39, 0.29) is 11.3 Å². The van der Waals surface area contributed by atoms with Crippen LogP contribution in [0.4, 0.5) is 24.5 Å². The van der Waals surface area contributed by atoms with E-state index >= 15 is 0 Å². The standard InChI is InChI=1S/C17H15F3N2O3S/c1-9(25-16(24)13-7-2-10(18)8-14(13)21)15(23)22-11-3-5-12(6-4-11)26-17(19)20/h2-9,17H,21H2,1H3,(H,22,23). The summed E-state index contributed by atoms with van der Waals surface area (Å²) in [5.74, 6) is -4.62. The van der Waals surface area contributed by atoms with Crippen LogP contribution in [0.25, 0.3) is 0 Å². The summed E-state index contributed by atoms with van der Waals surface area (Å²) in [7, 11) is 0. The Kier molecular flexibility index (Phi) is 6.51. The van der Waals surface area contributed by atoms with Gasteiger partial charge in [-0.05, 0) is 49.4 Å². The minimum atomic E-state index is -2.53. The molecule has 0 bridgehead atoms. The quantitative estimate of drug-likeness (QED) is 0.448. The molecule has 0 saturated carbocycles. The van der Waals surface area contributed by atoms with Gasteiger partial charge in [0.2, 0.25) is 0 Å². The first-order valence-corrected chi connectivity index (χ1v) is 8.26. The van der Waals surface area contributed by atoms with Gasteiger partial charge in [-0.3, -0.25) is 4.79 Å². The molecule has 0 aliphatic heterocycles. The molecular formula is C17H15F3N2O3S. The summed E-state index contributed by atoms with van der Waals surface area (Å²) in [6, 6.07) is 8.96. The summed E-state index contributed by atoms with van der Waals surface area (Å²) < 4.78 is 42.5. The number of carbonyl (C=O) groups is 2. The van der Waals surface area contributed by atoms with Crippen molar-refractivity contribution in [2.75, 3.05) is 11.1 Å². The highest BCUT2D eigenvalue weighted by molar-refractivity contribution is 7.99. The first-order chi connectivity index (χ1) is 12.3. The predicted octanol–water partition coefficient (Wildman–Crippen LogP) is 3.91. The van der Waals surface area contributed by atoms with E-state index in [1.54, 1.807) is 0 Å². The van der Waals surface area contributed by atoms with E-state index in [9.17, 15) is 22.8 Å². The molecule has 2 aromatic carbocycles. The Labute approximate surface area is 151 Å². The number of nitrogen functional groups attached to an aromatic ring is 1.